The van der Waals surface area contributed by atoms with Gasteiger partial charge in [0.2, 0.25) is 0 Å². The van der Waals surface area contributed by atoms with E-state index in [0.29, 0.717) is 11.5 Å². The molecule has 0 aromatic heterocycles. The number of halogens is 1. The normalized spacial score (nSPS) is 11.8. The summed E-state index contributed by atoms with van der Waals surface area (Å²) in [5.41, 5.74) is 0. The SMILES string of the molecule is CCCCCCCCCCCCCCCCSCC(CSC(C)=O)C(=O)O.Cl. The van der Waals surface area contributed by atoms with Crippen molar-refractivity contribution >= 4 is 47.0 Å². The zero-order valence-corrected chi connectivity index (χ0v) is 20.5. The van der Waals surface area contributed by atoms with Crippen molar-refractivity contribution in [2.24, 2.45) is 5.92 Å². The quantitative estimate of drug-likeness (QED) is 0.192. The van der Waals surface area contributed by atoms with Crippen LogP contribution in [-0.2, 0) is 9.59 Å². The fourth-order valence-corrected chi connectivity index (χ4v) is 5.00. The maximum absolute atomic E-state index is 11.2. The molecule has 0 saturated heterocycles. The third kappa shape index (κ3) is 22.4. The summed E-state index contributed by atoms with van der Waals surface area (Å²) in [6, 6.07) is 0. The van der Waals surface area contributed by atoms with Crippen molar-refractivity contribution in [1.82, 2.24) is 0 Å². The second-order valence-corrected chi connectivity index (χ2v) is 9.86. The van der Waals surface area contributed by atoms with E-state index in [1.54, 1.807) is 11.8 Å². The molecule has 0 aliphatic rings. The van der Waals surface area contributed by atoms with E-state index in [2.05, 4.69) is 6.92 Å². The van der Waals surface area contributed by atoms with Crippen LogP contribution in [0.25, 0.3) is 0 Å². The van der Waals surface area contributed by atoms with Crippen LogP contribution in [0.1, 0.15) is 104 Å². The van der Waals surface area contributed by atoms with Gasteiger partial charge in [0.15, 0.2) is 5.12 Å². The molecule has 0 rings (SSSR count). The van der Waals surface area contributed by atoms with E-state index in [0.717, 1.165) is 17.5 Å². The molecule has 28 heavy (non-hydrogen) atoms. The van der Waals surface area contributed by atoms with Gasteiger partial charge in [-0.3, -0.25) is 9.59 Å². The molecule has 0 heterocycles. The van der Waals surface area contributed by atoms with Gasteiger partial charge < -0.3 is 5.11 Å². The number of hydrogen-bond acceptors (Lipinski definition) is 4. The van der Waals surface area contributed by atoms with E-state index in [1.807, 2.05) is 0 Å². The average Bonchev–Trinajstić information content (AvgIpc) is 2.63. The minimum atomic E-state index is -0.780. The number of rotatable bonds is 20. The number of carbonyl (C=O) groups is 2. The van der Waals surface area contributed by atoms with Gasteiger partial charge in [-0.15, -0.1) is 12.4 Å². The van der Waals surface area contributed by atoms with Gasteiger partial charge in [-0.1, -0.05) is 102 Å². The second-order valence-electron chi connectivity index (χ2n) is 7.51. The van der Waals surface area contributed by atoms with E-state index < -0.39 is 11.9 Å². The summed E-state index contributed by atoms with van der Waals surface area (Å²) >= 11 is 2.84. The highest BCUT2D eigenvalue weighted by Crippen LogP contribution is 2.18. The summed E-state index contributed by atoms with van der Waals surface area (Å²) in [4.78, 5) is 22.1. The second kappa shape index (κ2) is 23.4. The van der Waals surface area contributed by atoms with Crippen LogP contribution in [0, 0.1) is 5.92 Å². The van der Waals surface area contributed by atoms with Gasteiger partial charge in [0.1, 0.15) is 0 Å². The van der Waals surface area contributed by atoms with Crippen molar-refractivity contribution in [2.75, 3.05) is 17.3 Å². The lowest BCUT2D eigenvalue weighted by Crippen LogP contribution is -2.19. The first-order chi connectivity index (χ1) is 13.1. The van der Waals surface area contributed by atoms with Gasteiger partial charge in [-0.05, 0) is 12.2 Å². The molecule has 0 aromatic rings. The highest BCUT2D eigenvalue weighted by molar-refractivity contribution is 8.13. The molecule has 0 aliphatic heterocycles. The first-order valence-corrected chi connectivity index (χ1v) is 13.2. The van der Waals surface area contributed by atoms with E-state index in [1.165, 1.54) is 96.8 Å². The van der Waals surface area contributed by atoms with Crippen LogP contribution < -0.4 is 0 Å². The number of carbonyl (C=O) groups excluding carboxylic acids is 1. The van der Waals surface area contributed by atoms with Gasteiger partial charge in [0.25, 0.3) is 0 Å². The monoisotopic (exact) mass is 454 g/mol. The lowest BCUT2D eigenvalue weighted by Gasteiger charge is -2.10. The fourth-order valence-electron chi connectivity index (χ4n) is 3.03. The Bertz CT molecular complexity index is 368. The summed E-state index contributed by atoms with van der Waals surface area (Å²) in [6.45, 7) is 3.76. The van der Waals surface area contributed by atoms with Gasteiger partial charge in [0, 0.05) is 18.4 Å². The van der Waals surface area contributed by atoms with Crippen LogP contribution >= 0.6 is 35.9 Å². The fraction of sp³-hybridized carbons (Fsp3) is 0.909. The third-order valence-electron chi connectivity index (χ3n) is 4.80. The van der Waals surface area contributed by atoms with Crippen LogP contribution in [0.15, 0.2) is 0 Å². The summed E-state index contributed by atoms with van der Waals surface area (Å²) in [5.74, 6) is 0.865. The Balaban J connectivity index is 0. The number of aliphatic carboxylic acids is 1. The predicted octanol–water partition coefficient (Wildman–Crippen LogP) is 7.60. The molecular weight excluding hydrogens is 412 g/mol. The zero-order valence-electron chi connectivity index (χ0n) is 18.1. The van der Waals surface area contributed by atoms with Crippen molar-refractivity contribution in [3.8, 4) is 0 Å². The van der Waals surface area contributed by atoms with Crippen molar-refractivity contribution in [3.63, 3.8) is 0 Å². The Morgan fingerprint density at radius 2 is 1.18 bits per heavy atom. The Hall–Kier alpha value is 0.130. The molecule has 3 nitrogen and oxygen atoms in total. The van der Waals surface area contributed by atoms with E-state index in [4.69, 9.17) is 0 Å². The highest BCUT2D eigenvalue weighted by atomic mass is 35.5. The average molecular weight is 455 g/mol. The minimum absolute atomic E-state index is 0. The molecule has 0 bridgehead atoms. The highest BCUT2D eigenvalue weighted by Gasteiger charge is 2.18. The van der Waals surface area contributed by atoms with Crippen molar-refractivity contribution < 1.29 is 14.7 Å². The lowest BCUT2D eigenvalue weighted by atomic mass is 10.0. The smallest absolute Gasteiger partial charge is 0.308 e. The molecular formula is C22H43ClO3S2. The minimum Gasteiger partial charge on any atom is -0.481 e. The summed E-state index contributed by atoms with van der Waals surface area (Å²) in [5, 5.41) is 9.17. The molecule has 0 radical (unpaired) electrons. The Morgan fingerprint density at radius 3 is 1.57 bits per heavy atom. The van der Waals surface area contributed by atoms with Crippen LogP contribution in [-0.4, -0.2) is 33.4 Å². The molecule has 6 heteroatoms. The van der Waals surface area contributed by atoms with Crippen molar-refractivity contribution in [2.45, 2.75) is 104 Å². The molecule has 1 N–H and O–H groups in total. The summed E-state index contributed by atoms with van der Waals surface area (Å²) < 4.78 is 0. The number of carboxylic acids is 1. The number of carboxylic acid groups (broad SMARTS) is 1. The standard InChI is InChI=1S/C22H42O3S2.ClH/c1-3-4-5-6-7-8-9-10-11-12-13-14-15-16-17-26-18-21(22(24)25)19-27-20(2)23;/h21H,3-19H2,1-2H3,(H,24,25);1H. The first-order valence-electron chi connectivity index (χ1n) is 11.0. The number of thioether (sulfide) groups is 2. The molecule has 0 saturated carbocycles. The Morgan fingerprint density at radius 1 is 0.750 bits per heavy atom. The Kier molecular flexibility index (Phi) is 25.4. The lowest BCUT2D eigenvalue weighted by molar-refractivity contribution is -0.140. The molecule has 0 spiro atoms. The maximum atomic E-state index is 11.2. The van der Waals surface area contributed by atoms with Gasteiger partial charge in [-0.25, -0.2) is 0 Å². The maximum Gasteiger partial charge on any atom is 0.308 e. The number of unbranched alkanes of at least 4 members (excludes halogenated alkanes) is 13. The summed E-state index contributed by atoms with van der Waals surface area (Å²) in [7, 11) is 0. The zero-order chi connectivity index (χ0) is 20.2. The topological polar surface area (TPSA) is 54.4 Å². The largest absolute Gasteiger partial charge is 0.481 e. The molecule has 0 aromatic carbocycles. The van der Waals surface area contributed by atoms with Crippen molar-refractivity contribution in [3.05, 3.63) is 0 Å². The molecule has 168 valence electrons. The van der Waals surface area contributed by atoms with Gasteiger partial charge in [-0.2, -0.15) is 11.8 Å². The molecule has 1 atom stereocenters. The molecule has 0 fully saturated rings. The van der Waals surface area contributed by atoms with Gasteiger partial charge >= 0.3 is 5.97 Å². The third-order valence-corrected chi connectivity index (χ3v) is 6.99. The van der Waals surface area contributed by atoms with Gasteiger partial charge in [0.05, 0.1) is 5.92 Å². The van der Waals surface area contributed by atoms with Crippen molar-refractivity contribution in [1.29, 1.82) is 0 Å². The van der Waals surface area contributed by atoms with Crippen LogP contribution in [0.2, 0.25) is 0 Å². The van der Waals surface area contributed by atoms with E-state index in [-0.39, 0.29) is 17.5 Å². The van der Waals surface area contributed by atoms with Crippen LogP contribution in [0.4, 0.5) is 0 Å². The van der Waals surface area contributed by atoms with E-state index >= 15 is 0 Å². The van der Waals surface area contributed by atoms with Crippen LogP contribution in [0.3, 0.4) is 0 Å². The summed E-state index contributed by atoms with van der Waals surface area (Å²) in [6.07, 6.45) is 19.1. The Labute approximate surface area is 188 Å². The molecule has 1 unspecified atom stereocenters. The number of hydrogen-bond donors (Lipinski definition) is 1. The molecule has 0 aliphatic carbocycles. The molecule has 0 amide bonds. The first kappa shape index (κ1) is 30.3. The predicted molar refractivity (Wildman–Crippen MR) is 129 cm³/mol. The van der Waals surface area contributed by atoms with E-state index in [9.17, 15) is 14.7 Å². The van der Waals surface area contributed by atoms with Crippen LogP contribution in [0.5, 0.6) is 0 Å².